The number of carbonyl (C=O) groups excluding carboxylic acids is 1. The highest BCUT2D eigenvalue weighted by Crippen LogP contribution is 2.40. The Kier molecular flexibility index (Phi) is 11.0. The van der Waals surface area contributed by atoms with Gasteiger partial charge in [0, 0.05) is 43.9 Å². The predicted molar refractivity (Wildman–Crippen MR) is 157 cm³/mol. The summed E-state index contributed by atoms with van der Waals surface area (Å²) in [5.41, 5.74) is 10.6. The van der Waals surface area contributed by atoms with E-state index in [2.05, 4.69) is 37.4 Å². The zero-order valence-corrected chi connectivity index (χ0v) is 23.5. The summed E-state index contributed by atoms with van der Waals surface area (Å²) in [5, 5.41) is 15.3. The van der Waals surface area contributed by atoms with Crippen LogP contribution in [-0.4, -0.2) is 68.7 Å². The molecule has 11 nitrogen and oxygen atoms in total. The molecule has 1 unspecified atom stereocenters. The van der Waals surface area contributed by atoms with Gasteiger partial charge in [-0.15, -0.1) is 0 Å². The second-order valence-corrected chi connectivity index (χ2v) is 9.74. The molecule has 1 aliphatic rings. The van der Waals surface area contributed by atoms with Gasteiger partial charge in [-0.05, 0) is 56.8 Å². The number of amidine groups is 1. The van der Waals surface area contributed by atoms with Crippen molar-refractivity contribution in [2.75, 3.05) is 51.1 Å². The van der Waals surface area contributed by atoms with Crippen molar-refractivity contribution < 1.29 is 23.4 Å². The summed E-state index contributed by atoms with van der Waals surface area (Å²) < 4.78 is 33.2. The van der Waals surface area contributed by atoms with Crippen LogP contribution in [0.1, 0.15) is 24.4 Å². The molecule has 222 valence electrons. The van der Waals surface area contributed by atoms with Crippen LogP contribution in [-0.2, 0) is 4.79 Å². The van der Waals surface area contributed by atoms with E-state index in [1.165, 1.54) is 19.3 Å². The Hall–Kier alpha value is -4.20. The fourth-order valence-electron chi connectivity index (χ4n) is 4.60. The summed E-state index contributed by atoms with van der Waals surface area (Å²) in [4.78, 5) is 21.0. The first-order valence-corrected chi connectivity index (χ1v) is 13.0. The fourth-order valence-corrected chi connectivity index (χ4v) is 4.60. The molecule has 0 saturated carbocycles. The Morgan fingerprint density at radius 3 is 2.56 bits per heavy atom. The van der Waals surface area contributed by atoms with Crippen LogP contribution in [0.5, 0.6) is 5.75 Å². The first kappa shape index (κ1) is 31.3. The molecule has 2 aromatic rings. The molecule has 3 rings (SSSR count). The second-order valence-electron chi connectivity index (χ2n) is 9.74. The Balaban J connectivity index is 1.96. The van der Waals surface area contributed by atoms with Crippen molar-refractivity contribution in [3.8, 4) is 5.75 Å². The molecule has 0 aromatic heterocycles. The molecule has 8 N–H and O–H groups in total. The first-order valence-electron chi connectivity index (χ1n) is 13.0. The van der Waals surface area contributed by atoms with Gasteiger partial charge in [-0.25, -0.2) is 19.6 Å². The van der Waals surface area contributed by atoms with E-state index in [1.54, 1.807) is 12.1 Å². The number of aliphatic imine (C=N–C) groups is 1. The van der Waals surface area contributed by atoms with E-state index in [-0.39, 0.29) is 36.2 Å². The van der Waals surface area contributed by atoms with Crippen molar-refractivity contribution in [1.29, 1.82) is 0 Å². The maximum atomic E-state index is 13.8. The second kappa shape index (κ2) is 14.4. The lowest BCUT2D eigenvalue weighted by Crippen LogP contribution is -2.35. The zero-order valence-electron chi connectivity index (χ0n) is 23.5. The highest BCUT2D eigenvalue weighted by Gasteiger charge is 2.27. The van der Waals surface area contributed by atoms with Crippen LogP contribution in [0.2, 0.25) is 0 Å². The van der Waals surface area contributed by atoms with Crippen molar-refractivity contribution in [1.82, 2.24) is 15.6 Å². The first-order chi connectivity index (χ1) is 19.6. The number of ether oxygens (including phenoxy) is 1. The third-order valence-electron chi connectivity index (χ3n) is 6.71. The number of carbonyl (C=O) groups is 1. The summed E-state index contributed by atoms with van der Waals surface area (Å²) >= 11 is 0. The molecule has 0 radical (unpaired) electrons. The number of hydrazine groups is 1. The average Bonchev–Trinajstić information content (AvgIpc) is 3.42. The zero-order chi connectivity index (χ0) is 30.1. The third kappa shape index (κ3) is 8.39. The standard InChI is InChI=1S/C28H38F2N8O3/c1-5-28(40)35-22-13-23(25(41-4)14-24(22)38-8-6-20(16-38)37(2)3)33-26(31)15-27(36-32)34-21(7-9-39)17-10-18(29)12-19(30)11-17/h5,10-15,20-21,34,36,39H,1,6-9,16,32H2,2-4H3,(H2,31,33)(H,35,40)/b27-15-/t20?,21-/m1/s1. The third-order valence-corrected chi connectivity index (χ3v) is 6.71. The molecule has 1 amide bonds. The summed E-state index contributed by atoms with van der Waals surface area (Å²) in [6, 6.07) is 6.20. The van der Waals surface area contributed by atoms with Crippen LogP contribution in [0.3, 0.4) is 0 Å². The summed E-state index contributed by atoms with van der Waals surface area (Å²) in [5.74, 6) is 4.39. The van der Waals surface area contributed by atoms with Gasteiger partial charge in [-0.3, -0.25) is 4.79 Å². The van der Waals surface area contributed by atoms with Crippen molar-refractivity contribution in [3.05, 3.63) is 72.1 Å². The Morgan fingerprint density at radius 1 is 1.29 bits per heavy atom. The van der Waals surface area contributed by atoms with Crippen molar-refractivity contribution in [2.24, 2.45) is 16.6 Å². The van der Waals surface area contributed by atoms with Crippen molar-refractivity contribution in [2.45, 2.75) is 24.9 Å². The van der Waals surface area contributed by atoms with E-state index < -0.39 is 17.7 Å². The predicted octanol–water partition coefficient (Wildman–Crippen LogP) is 2.24. The van der Waals surface area contributed by atoms with Gasteiger partial charge in [0.15, 0.2) is 0 Å². The van der Waals surface area contributed by atoms with Gasteiger partial charge >= 0.3 is 0 Å². The quantitative estimate of drug-likeness (QED) is 0.0698. The van der Waals surface area contributed by atoms with Crippen LogP contribution < -0.4 is 37.3 Å². The molecule has 1 aliphatic heterocycles. The smallest absolute Gasteiger partial charge is 0.247 e. The molecule has 2 atom stereocenters. The van der Waals surface area contributed by atoms with Crippen LogP contribution in [0.25, 0.3) is 0 Å². The number of hydrogen-bond donors (Lipinski definition) is 6. The molecule has 1 saturated heterocycles. The number of benzene rings is 2. The number of nitrogens with one attached hydrogen (secondary N) is 3. The van der Waals surface area contributed by atoms with E-state index in [9.17, 15) is 18.7 Å². The lowest BCUT2D eigenvalue weighted by atomic mass is 10.0. The number of anilines is 2. The van der Waals surface area contributed by atoms with Crippen LogP contribution in [0.4, 0.5) is 25.8 Å². The van der Waals surface area contributed by atoms with Crippen molar-refractivity contribution >= 4 is 28.8 Å². The summed E-state index contributed by atoms with van der Waals surface area (Å²) in [6.07, 6.45) is 3.66. The Morgan fingerprint density at radius 2 is 2.00 bits per heavy atom. The van der Waals surface area contributed by atoms with Gasteiger partial charge in [0.2, 0.25) is 5.91 Å². The summed E-state index contributed by atoms with van der Waals surface area (Å²) in [7, 11) is 5.57. The number of aliphatic hydroxyl groups excluding tert-OH is 1. The Labute approximate surface area is 238 Å². The highest BCUT2D eigenvalue weighted by atomic mass is 19.1. The largest absolute Gasteiger partial charge is 0.494 e. The van der Waals surface area contributed by atoms with Gasteiger partial charge in [-0.1, -0.05) is 6.58 Å². The average molecular weight is 573 g/mol. The SMILES string of the molecule is C=CC(=O)Nc1cc(N=C(N)/C=C(\NN)N[C@H](CCO)c2cc(F)cc(F)c2)c(OC)cc1N1CCC(N(C)C)C1. The number of amides is 1. The fraction of sp³-hybridized carbons (Fsp3) is 0.357. The topological polar surface area (TPSA) is 154 Å². The number of halogens is 2. The normalized spacial score (nSPS) is 16.5. The number of nitrogens with two attached hydrogens (primary N) is 2. The van der Waals surface area contributed by atoms with Crippen LogP contribution in [0, 0.1) is 11.6 Å². The minimum atomic E-state index is -0.752. The number of methoxy groups -OCH3 is 1. The molecule has 2 aromatic carbocycles. The van der Waals surface area contributed by atoms with Gasteiger partial charge in [0.05, 0.1) is 24.5 Å². The molecule has 1 fully saturated rings. The van der Waals surface area contributed by atoms with E-state index in [1.807, 2.05) is 14.1 Å². The van der Waals surface area contributed by atoms with E-state index in [0.29, 0.717) is 23.2 Å². The maximum Gasteiger partial charge on any atom is 0.247 e. The van der Waals surface area contributed by atoms with Gasteiger partial charge in [0.1, 0.15) is 34.7 Å². The number of hydrogen-bond acceptors (Lipinski definition) is 9. The monoisotopic (exact) mass is 572 g/mol. The molecule has 0 bridgehead atoms. The molecule has 41 heavy (non-hydrogen) atoms. The minimum absolute atomic E-state index is 0.000451. The van der Waals surface area contributed by atoms with Gasteiger partial charge in [0.25, 0.3) is 0 Å². The van der Waals surface area contributed by atoms with Crippen LogP contribution >= 0.6 is 0 Å². The van der Waals surface area contributed by atoms with Crippen molar-refractivity contribution in [3.63, 3.8) is 0 Å². The lowest BCUT2D eigenvalue weighted by Gasteiger charge is -2.25. The van der Waals surface area contributed by atoms with Crippen LogP contribution in [0.15, 0.2) is 59.9 Å². The summed E-state index contributed by atoms with van der Waals surface area (Å²) in [6.45, 7) is 4.84. The molecule has 1 heterocycles. The van der Waals surface area contributed by atoms with E-state index >= 15 is 0 Å². The molecule has 0 aliphatic carbocycles. The minimum Gasteiger partial charge on any atom is -0.494 e. The van der Waals surface area contributed by atoms with Gasteiger partial charge < -0.3 is 41.4 Å². The molecule has 13 heteroatoms. The number of aliphatic hydroxyl groups is 1. The number of nitrogens with zero attached hydrogens (tertiary/aromatic N) is 3. The van der Waals surface area contributed by atoms with E-state index in [4.69, 9.17) is 16.3 Å². The number of rotatable bonds is 13. The maximum absolute atomic E-state index is 13.8. The Bertz CT molecular complexity index is 1280. The molecule has 0 spiro atoms. The molecular formula is C28H38F2N8O3. The highest BCUT2D eigenvalue weighted by molar-refractivity contribution is 6.02. The number of likely N-dealkylation sites (N-methyl/N-ethyl adjacent to an activating group) is 1. The molecular weight excluding hydrogens is 534 g/mol. The van der Waals surface area contributed by atoms with E-state index in [0.717, 1.165) is 43.4 Å². The lowest BCUT2D eigenvalue weighted by molar-refractivity contribution is -0.111. The van der Waals surface area contributed by atoms with Gasteiger partial charge in [-0.2, -0.15) is 0 Å².